The number of benzene rings is 1. The van der Waals surface area contributed by atoms with Crippen LogP contribution in [0.2, 0.25) is 0 Å². The van der Waals surface area contributed by atoms with Gasteiger partial charge < -0.3 is 9.84 Å². The average molecular weight is 311 g/mol. The number of hydrogen-bond acceptors (Lipinski definition) is 3. The number of hydrogen-bond donors (Lipinski definition) is 1. The second kappa shape index (κ2) is 5.68. The van der Waals surface area contributed by atoms with Crippen molar-refractivity contribution < 1.29 is 14.6 Å². The number of carbonyl (C=O) groups is 1. The van der Waals surface area contributed by atoms with Gasteiger partial charge in [-0.15, -0.1) is 0 Å². The van der Waals surface area contributed by atoms with Gasteiger partial charge in [-0.1, -0.05) is 12.1 Å². The molecule has 0 atom stereocenters. The molecule has 0 bridgehead atoms. The van der Waals surface area contributed by atoms with E-state index in [0.29, 0.717) is 5.75 Å². The van der Waals surface area contributed by atoms with E-state index in [1.54, 1.807) is 17.1 Å². The molecule has 0 unspecified atom stereocenters. The molecule has 0 fully saturated rings. The third kappa shape index (κ3) is 3.10. The van der Waals surface area contributed by atoms with Crippen LogP contribution in [0.3, 0.4) is 0 Å². The highest BCUT2D eigenvalue weighted by molar-refractivity contribution is 9.10. The van der Waals surface area contributed by atoms with Crippen LogP contribution in [0.5, 0.6) is 5.75 Å². The van der Waals surface area contributed by atoms with Gasteiger partial charge in [-0.3, -0.25) is 4.79 Å². The maximum absolute atomic E-state index is 10.4. The zero-order valence-electron chi connectivity index (χ0n) is 9.41. The monoisotopic (exact) mass is 310 g/mol. The first-order valence-electron chi connectivity index (χ1n) is 5.31. The summed E-state index contributed by atoms with van der Waals surface area (Å²) in [6.07, 6.45) is 3.24. The van der Waals surface area contributed by atoms with Crippen LogP contribution in [0.4, 0.5) is 0 Å². The SMILES string of the molecule is O=C(O)CCOc1cnn(-c2ccccc2Br)c1. The fourth-order valence-corrected chi connectivity index (χ4v) is 1.87. The van der Waals surface area contributed by atoms with Crippen LogP contribution in [0.1, 0.15) is 6.42 Å². The molecule has 18 heavy (non-hydrogen) atoms. The molecular formula is C12H11BrN2O3. The van der Waals surface area contributed by atoms with Crippen molar-refractivity contribution in [1.82, 2.24) is 9.78 Å². The summed E-state index contributed by atoms with van der Waals surface area (Å²) in [5.74, 6) is -0.333. The molecule has 94 valence electrons. The fraction of sp³-hybridized carbons (Fsp3) is 0.167. The van der Waals surface area contributed by atoms with Gasteiger partial charge in [0.25, 0.3) is 0 Å². The van der Waals surface area contributed by atoms with E-state index in [0.717, 1.165) is 10.2 Å². The normalized spacial score (nSPS) is 10.3. The molecule has 6 heteroatoms. The van der Waals surface area contributed by atoms with Gasteiger partial charge >= 0.3 is 5.97 Å². The highest BCUT2D eigenvalue weighted by Gasteiger charge is 2.05. The van der Waals surface area contributed by atoms with E-state index in [-0.39, 0.29) is 13.0 Å². The Balaban J connectivity index is 2.06. The summed E-state index contributed by atoms with van der Waals surface area (Å²) < 4.78 is 7.87. The molecule has 0 spiro atoms. The van der Waals surface area contributed by atoms with Crippen LogP contribution in [-0.2, 0) is 4.79 Å². The molecule has 0 aliphatic heterocycles. The van der Waals surface area contributed by atoms with Crippen LogP contribution in [0, 0.1) is 0 Å². The fourth-order valence-electron chi connectivity index (χ4n) is 1.41. The first-order valence-corrected chi connectivity index (χ1v) is 6.10. The summed E-state index contributed by atoms with van der Waals surface area (Å²) in [5.41, 5.74) is 0.894. The molecule has 1 heterocycles. The number of carboxylic acids is 1. The van der Waals surface area contributed by atoms with Crippen molar-refractivity contribution in [3.63, 3.8) is 0 Å². The van der Waals surface area contributed by atoms with Crippen molar-refractivity contribution in [2.45, 2.75) is 6.42 Å². The van der Waals surface area contributed by atoms with Crippen molar-refractivity contribution in [3.8, 4) is 11.4 Å². The molecule has 1 aromatic carbocycles. The first-order chi connectivity index (χ1) is 8.66. The molecule has 0 aliphatic carbocycles. The molecule has 5 nitrogen and oxygen atoms in total. The quantitative estimate of drug-likeness (QED) is 0.921. The van der Waals surface area contributed by atoms with Gasteiger partial charge in [-0.25, -0.2) is 4.68 Å². The summed E-state index contributed by atoms with van der Waals surface area (Å²) in [4.78, 5) is 10.4. The van der Waals surface area contributed by atoms with E-state index < -0.39 is 5.97 Å². The highest BCUT2D eigenvalue weighted by Crippen LogP contribution is 2.21. The van der Waals surface area contributed by atoms with Crippen LogP contribution >= 0.6 is 15.9 Å². The van der Waals surface area contributed by atoms with Gasteiger partial charge in [0.05, 0.1) is 31.1 Å². The number of carboxylic acid groups (broad SMARTS) is 1. The van der Waals surface area contributed by atoms with Crippen molar-refractivity contribution in [3.05, 3.63) is 41.1 Å². The van der Waals surface area contributed by atoms with Crippen molar-refractivity contribution >= 4 is 21.9 Å². The maximum atomic E-state index is 10.4. The minimum Gasteiger partial charge on any atom is -0.490 e. The molecule has 0 radical (unpaired) electrons. The minimum atomic E-state index is -0.881. The van der Waals surface area contributed by atoms with Gasteiger partial charge in [0.15, 0.2) is 5.75 Å². The number of aliphatic carboxylic acids is 1. The number of para-hydroxylation sites is 1. The van der Waals surface area contributed by atoms with Gasteiger partial charge in [0, 0.05) is 4.47 Å². The van der Waals surface area contributed by atoms with Gasteiger partial charge in [-0.2, -0.15) is 5.10 Å². The van der Waals surface area contributed by atoms with Crippen molar-refractivity contribution in [2.24, 2.45) is 0 Å². The molecule has 1 N–H and O–H groups in total. The second-order valence-electron chi connectivity index (χ2n) is 3.56. The smallest absolute Gasteiger partial charge is 0.306 e. The third-order valence-electron chi connectivity index (χ3n) is 2.24. The Morgan fingerprint density at radius 3 is 2.94 bits per heavy atom. The molecular weight excluding hydrogens is 300 g/mol. The molecule has 0 saturated carbocycles. The van der Waals surface area contributed by atoms with E-state index in [2.05, 4.69) is 21.0 Å². The van der Waals surface area contributed by atoms with Gasteiger partial charge in [0.2, 0.25) is 0 Å². The van der Waals surface area contributed by atoms with Crippen LogP contribution in [0.15, 0.2) is 41.1 Å². The van der Waals surface area contributed by atoms with E-state index in [4.69, 9.17) is 9.84 Å². The van der Waals surface area contributed by atoms with Gasteiger partial charge in [0.1, 0.15) is 0 Å². The molecule has 0 amide bonds. The average Bonchev–Trinajstić information content (AvgIpc) is 2.78. The molecule has 0 aliphatic rings. The lowest BCUT2D eigenvalue weighted by Crippen LogP contribution is -2.04. The molecule has 2 aromatic rings. The van der Waals surface area contributed by atoms with Gasteiger partial charge in [-0.05, 0) is 28.1 Å². The molecule has 2 rings (SSSR count). The van der Waals surface area contributed by atoms with Crippen molar-refractivity contribution in [2.75, 3.05) is 6.61 Å². The Hall–Kier alpha value is -1.82. The van der Waals surface area contributed by atoms with Crippen LogP contribution < -0.4 is 4.74 Å². The Kier molecular flexibility index (Phi) is 3.99. The maximum Gasteiger partial charge on any atom is 0.306 e. The lowest BCUT2D eigenvalue weighted by molar-refractivity contribution is -0.137. The second-order valence-corrected chi connectivity index (χ2v) is 4.42. The Bertz CT molecular complexity index is 554. The van der Waals surface area contributed by atoms with E-state index in [9.17, 15) is 4.79 Å². The lowest BCUT2D eigenvalue weighted by Gasteiger charge is -2.03. The first kappa shape index (κ1) is 12.6. The Labute approximate surface area is 112 Å². The number of aromatic nitrogens is 2. The predicted molar refractivity (Wildman–Crippen MR) is 69.0 cm³/mol. The summed E-state index contributed by atoms with van der Waals surface area (Å²) >= 11 is 3.43. The molecule has 0 saturated heterocycles. The summed E-state index contributed by atoms with van der Waals surface area (Å²) in [5, 5.41) is 12.7. The van der Waals surface area contributed by atoms with Crippen LogP contribution in [0.25, 0.3) is 5.69 Å². The van der Waals surface area contributed by atoms with E-state index in [1.807, 2.05) is 24.3 Å². The number of halogens is 1. The zero-order valence-corrected chi connectivity index (χ0v) is 11.0. The highest BCUT2D eigenvalue weighted by atomic mass is 79.9. The zero-order chi connectivity index (χ0) is 13.0. The Morgan fingerprint density at radius 1 is 1.44 bits per heavy atom. The molecule has 1 aromatic heterocycles. The topological polar surface area (TPSA) is 64.3 Å². The number of nitrogens with zero attached hydrogens (tertiary/aromatic N) is 2. The number of ether oxygens (including phenoxy) is 1. The lowest BCUT2D eigenvalue weighted by atomic mass is 10.3. The van der Waals surface area contributed by atoms with Crippen LogP contribution in [-0.4, -0.2) is 27.5 Å². The summed E-state index contributed by atoms with van der Waals surface area (Å²) in [7, 11) is 0. The summed E-state index contributed by atoms with van der Waals surface area (Å²) in [6, 6.07) is 7.66. The van der Waals surface area contributed by atoms with Crippen molar-refractivity contribution in [1.29, 1.82) is 0 Å². The summed E-state index contributed by atoms with van der Waals surface area (Å²) in [6.45, 7) is 0.136. The van der Waals surface area contributed by atoms with E-state index in [1.165, 1.54) is 0 Å². The Morgan fingerprint density at radius 2 is 2.22 bits per heavy atom. The predicted octanol–water partition coefficient (Wildman–Crippen LogP) is 2.49. The third-order valence-corrected chi connectivity index (χ3v) is 2.91. The van der Waals surface area contributed by atoms with E-state index >= 15 is 0 Å². The minimum absolute atomic E-state index is 0.0276. The number of rotatable bonds is 5. The largest absolute Gasteiger partial charge is 0.490 e. The standard InChI is InChI=1S/C12H11BrN2O3/c13-10-3-1-2-4-11(10)15-8-9(7-14-15)18-6-5-12(16)17/h1-4,7-8H,5-6H2,(H,16,17).